The molecule has 6 nitrogen and oxygen atoms in total. The molecule has 0 saturated carbocycles. The molecule has 0 saturated heterocycles. The first kappa shape index (κ1) is 19.4. The molecule has 0 aliphatic heterocycles. The van der Waals surface area contributed by atoms with Crippen molar-refractivity contribution in [1.29, 1.82) is 0 Å². The highest BCUT2D eigenvalue weighted by Crippen LogP contribution is 2.22. The van der Waals surface area contributed by atoms with E-state index in [1.165, 1.54) is 6.07 Å². The Morgan fingerprint density at radius 1 is 1.00 bits per heavy atom. The van der Waals surface area contributed by atoms with Crippen molar-refractivity contribution in [3.8, 4) is 16.9 Å². The van der Waals surface area contributed by atoms with Gasteiger partial charge in [0.05, 0.1) is 0 Å². The number of hydrogen-bond acceptors (Lipinski definition) is 5. The maximum Gasteiger partial charge on any atom is 0.336 e. The van der Waals surface area contributed by atoms with Crippen molar-refractivity contribution in [3.63, 3.8) is 0 Å². The summed E-state index contributed by atoms with van der Waals surface area (Å²) in [6, 6.07) is 18.5. The SMILES string of the molecule is Cc1cc(=O)oc2cc(OCC(=O)NCc3ccc(-c4ccncc4)cc3)ccc12. The number of aryl methyl sites for hydroxylation is 1. The third-order valence-electron chi connectivity index (χ3n) is 4.75. The van der Waals surface area contributed by atoms with Gasteiger partial charge >= 0.3 is 5.63 Å². The maximum absolute atomic E-state index is 12.1. The second-order valence-electron chi connectivity index (χ2n) is 6.90. The number of nitrogens with zero attached hydrogens (tertiary/aromatic N) is 1. The Hall–Kier alpha value is -3.93. The molecule has 1 amide bonds. The molecule has 2 heterocycles. The van der Waals surface area contributed by atoms with E-state index in [4.69, 9.17) is 9.15 Å². The zero-order valence-corrected chi connectivity index (χ0v) is 16.4. The van der Waals surface area contributed by atoms with Gasteiger partial charge in [0, 0.05) is 36.5 Å². The molecule has 6 heteroatoms. The van der Waals surface area contributed by atoms with Gasteiger partial charge in [0.25, 0.3) is 5.91 Å². The van der Waals surface area contributed by atoms with E-state index in [-0.39, 0.29) is 12.5 Å². The smallest absolute Gasteiger partial charge is 0.336 e. The Kier molecular flexibility index (Phi) is 5.57. The lowest BCUT2D eigenvalue weighted by Crippen LogP contribution is -2.28. The van der Waals surface area contributed by atoms with Crippen LogP contribution in [0.1, 0.15) is 11.1 Å². The standard InChI is InChI=1S/C24H20N2O4/c1-16-12-24(28)30-22-13-20(6-7-21(16)22)29-15-23(27)26-14-17-2-4-18(5-3-17)19-8-10-25-11-9-19/h2-13H,14-15H2,1H3,(H,26,27). The average molecular weight is 400 g/mol. The largest absolute Gasteiger partial charge is 0.484 e. The molecule has 150 valence electrons. The van der Waals surface area contributed by atoms with Crippen LogP contribution >= 0.6 is 0 Å². The summed E-state index contributed by atoms with van der Waals surface area (Å²) in [6.07, 6.45) is 3.52. The van der Waals surface area contributed by atoms with Crippen molar-refractivity contribution in [1.82, 2.24) is 10.3 Å². The molecular weight excluding hydrogens is 380 g/mol. The van der Waals surface area contributed by atoms with Crippen LogP contribution in [0.5, 0.6) is 5.75 Å². The summed E-state index contributed by atoms with van der Waals surface area (Å²) >= 11 is 0. The molecule has 1 N–H and O–H groups in total. The van der Waals surface area contributed by atoms with Crippen LogP contribution in [0.3, 0.4) is 0 Å². The van der Waals surface area contributed by atoms with Crippen LogP contribution in [0.2, 0.25) is 0 Å². The normalized spacial score (nSPS) is 10.7. The summed E-state index contributed by atoms with van der Waals surface area (Å²) in [5.74, 6) is 0.229. The molecule has 2 aromatic heterocycles. The molecule has 0 unspecified atom stereocenters. The molecule has 0 fully saturated rings. The van der Waals surface area contributed by atoms with E-state index < -0.39 is 5.63 Å². The van der Waals surface area contributed by atoms with Gasteiger partial charge in [-0.1, -0.05) is 24.3 Å². The van der Waals surface area contributed by atoms with E-state index in [0.717, 1.165) is 27.6 Å². The van der Waals surface area contributed by atoms with Gasteiger partial charge < -0.3 is 14.5 Å². The first-order chi connectivity index (χ1) is 14.6. The number of aromatic nitrogens is 1. The fourth-order valence-electron chi connectivity index (χ4n) is 3.15. The van der Waals surface area contributed by atoms with Crippen LogP contribution in [-0.2, 0) is 11.3 Å². The summed E-state index contributed by atoms with van der Waals surface area (Å²) in [6.45, 7) is 2.12. The van der Waals surface area contributed by atoms with Gasteiger partial charge in [-0.05, 0) is 53.4 Å². The lowest BCUT2D eigenvalue weighted by atomic mass is 10.1. The minimum absolute atomic E-state index is 0.128. The molecule has 30 heavy (non-hydrogen) atoms. The van der Waals surface area contributed by atoms with Crippen LogP contribution < -0.4 is 15.7 Å². The van der Waals surface area contributed by atoms with E-state index in [0.29, 0.717) is 17.9 Å². The summed E-state index contributed by atoms with van der Waals surface area (Å²) in [5.41, 5.74) is 4.03. The van der Waals surface area contributed by atoms with E-state index >= 15 is 0 Å². The monoisotopic (exact) mass is 400 g/mol. The highest BCUT2D eigenvalue weighted by molar-refractivity contribution is 5.81. The van der Waals surface area contributed by atoms with Crippen molar-refractivity contribution in [2.24, 2.45) is 0 Å². The van der Waals surface area contributed by atoms with E-state index in [2.05, 4.69) is 10.3 Å². The molecule has 0 bridgehead atoms. The third-order valence-corrected chi connectivity index (χ3v) is 4.75. The summed E-state index contributed by atoms with van der Waals surface area (Å²) in [7, 11) is 0. The Labute approximate surface area is 173 Å². The molecule has 2 aromatic carbocycles. The molecule has 0 radical (unpaired) electrons. The van der Waals surface area contributed by atoms with Gasteiger partial charge in [0.1, 0.15) is 11.3 Å². The van der Waals surface area contributed by atoms with Crippen molar-refractivity contribution < 1.29 is 13.9 Å². The van der Waals surface area contributed by atoms with Gasteiger partial charge in [0.15, 0.2) is 6.61 Å². The minimum Gasteiger partial charge on any atom is -0.484 e. The Morgan fingerprint density at radius 2 is 1.73 bits per heavy atom. The molecule has 4 rings (SSSR count). The number of ether oxygens (including phenoxy) is 1. The van der Waals surface area contributed by atoms with Crippen molar-refractivity contribution >= 4 is 16.9 Å². The van der Waals surface area contributed by atoms with Gasteiger partial charge in [-0.2, -0.15) is 0 Å². The van der Waals surface area contributed by atoms with Crippen LogP contribution in [0.15, 0.2) is 82.3 Å². The number of amides is 1. The number of nitrogens with one attached hydrogen (secondary N) is 1. The fourth-order valence-corrected chi connectivity index (χ4v) is 3.15. The van der Waals surface area contributed by atoms with Crippen LogP contribution in [0.25, 0.3) is 22.1 Å². The van der Waals surface area contributed by atoms with Crippen molar-refractivity contribution in [2.75, 3.05) is 6.61 Å². The van der Waals surface area contributed by atoms with Crippen molar-refractivity contribution in [2.45, 2.75) is 13.5 Å². The second-order valence-corrected chi connectivity index (χ2v) is 6.90. The van der Waals surface area contributed by atoms with E-state index in [9.17, 15) is 9.59 Å². The van der Waals surface area contributed by atoms with E-state index in [1.54, 1.807) is 24.5 Å². The van der Waals surface area contributed by atoms with Crippen LogP contribution in [0, 0.1) is 6.92 Å². The molecule has 0 aliphatic carbocycles. The third kappa shape index (κ3) is 4.55. The maximum atomic E-state index is 12.1. The first-order valence-electron chi connectivity index (χ1n) is 9.52. The first-order valence-corrected chi connectivity index (χ1v) is 9.52. The summed E-state index contributed by atoms with van der Waals surface area (Å²) in [4.78, 5) is 27.7. The van der Waals surface area contributed by atoms with Crippen LogP contribution in [-0.4, -0.2) is 17.5 Å². The zero-order chi connectivity index (χ0) is 20.9. The predicted molar refractivity (Wildman–Crippen MR) is 114 cm³/mol. The predicted octanol–water partition coefficient (Wildman–Crippen LogP) is 3.86. The highest BCUT2D eigenvalue weighted by atomic mass is 16.5. The molecule has 0 atom stereocenters. The number of rotatable bonds is 6. The van der Waals surface area contributed by atoms with Crippen molar-refractivity contribution in [3.05, 3.63) is 94.6 Å². The average Bonchev–Trinajstić information content (AvgIpc) is 2.77. The number of carbonyl (C=O) groups excluding carboxylic acids is 1. The van der Waals surface area contributed by atoms with Crippen LogP contribution in [0.4, 0.5) is 0 Å². The Morgan fingerprint density at radius 3 is 2.50 bits per heavy atom. The molecular formula is C24H20N2O4. The summed E-state index contributed by atoms with van der Waals surface area (Å²) in [5, 5.41) is 3.67. The quantitative estimate of drug-likeness (QED) is 0.497. The second kappa shape index (κ2) is 8.61. The number of pyridine rings is 1. The Bertz CT molecular complexity index is 1230. The molecule has 0 aliphatic rings. The highest BCUT2D eigenvalue weighted by Gasteiger charge is 2.07. The lowest BCUT2D eigenvalue weighted by Gasteiger charge is -2.09. The zero-order valence-electron chi connectivity index (χ0n) is 16.4. The lowest BCUT2D eigenvalue weighted by molar-refractivity contribution is -0.123. The number of carbonyl (C=O) groups is 1. The molecule has 4 aromatic rings. The fraction of sp³-hybridized carbons (Fsp3) is 0.125. The number of hydrogen-bond donors (Lipinski definition) is 1. The topological polar surface area (TPSA) is 81.4 Å². The van der Waals surface area contributed by atoms with Gasteiger partial charge in [-0.15, -0.1) is 0 Å². The van der Waals surface area contributed by atoms with Gasteiger partial charge in [0.2, 0.25) is 0 Å². The Balaban J connectivity index is 1.32. The molecule has 0 spiro atoms. The van der Waals surface area contributed by atoms with Gasteiger partial charge in [-0.3, -0.25) is 9.78 Å². The number of benzene rings is 2. The minimum atomic E-state index is -0.412. The van der Waals surface area contributed by atoms with E-state index in [1.807, 2.05) is 49.4 Å². The van der Waals surface area contributed by atoms with Gasteiger partial charge in [-0.25, -0.2) is 4.79 Å². The number of fused-ring (bicyclic) bond motifs is 1. The summed E-state index contributed by atoms with van der Waals surface area (Å²) < 4.78 is 10.7.